The number of nitrogens with zero attached hydrogens (tertiary/aromatic N) is 1. The van der Waals surface area contributed by atoms with Gasteiger partial charge in [-0.25, -0.2) is 4.39 Å². The molecule has 0 fully saturated rings. The summed E-state index contributed by atoms with van der Waals surface area (Å²) in [5.74, 6) is -0.501. The zero-order valence-electron chi connectivity index (χ0n) is 10.7. The topological polar surface area (TPSA) is 20.3 Å². The number of halogens is 3. The van der Waals surface area contributed by atoms with E-state index >= 15 is 0 Å². The van der Waals surface area contributed by atoms with Gasteiger partial charge in [0.25, 0.3) is 5.91 Å². The molecule has 2 nitrogen and oxygen atoms in total. The van der Waals surface area contributed by atoms with E-state index in [9.17, 15) is 9.18 Å². The minimum atomic E-state index is -0.312. The summed E-state index contributed by atoms with van der Waals surface area (Å²) in [6, 6.07) is 11.6. The molecular formula is C15H12ClFINO. The van der Waals surface area contributed by atoms with Crippen LogP contribution in [0.3, 0.4) is 0 Å². The Balaban J connectivity index is 2.16. The highest BCUT2D eigenvalue weighted by Crippen LogP contribution is 2.21. The summed E-state index contributed by atoms with van der Waals surface area (Å²) in [6.07, 6.45) is 0. The Hall–Kier alpha value is -1.14. The maximum absolute atomic E-state index is 13.6. The van der Waals surface area contributed by atoms with Gasteiger partial charge in [0, 0.05) is 28.3 Å². The molecule has 1 amide bonds. The lowest BCUT2D eigenvalue weighted by Crippen LogP contribution is -2.26. The van der Waals surface area contributed by atoms with E-state index in [1.807, 2.05) is 0 Å². The molecule has 0 atom stereocenters. The van der Waals surface area contributed by atoms with E-state index in [4.69, 9.17) is 11.6 Å². The molecule has 0 aromatic heterocycles. The Morgan fingerprint density at radius 2 is 2.00 bits per heavy atom. The molecule has 5 heteroatoms. The predicted octanol–water partition coefficient (Wildman–Crippen LogP) is 4.36. The van der Waals surface area contributed by atoms with Gasteiger partial charge in [-0.1, -0.05) is 29.8 Å². The van der Waals surface area contributed by atoms with Crippen molar-refractivity contribution in [1.82, 2.24) is 4.90 Å². The zero-order chi connectivity index (χ0) is 14.7. The van der Waals surface area contributed by atoms with E-state index in [0.717, 1.165) is 3.57 Å². The highest BCUT2D eigenvalue weighted by molar-refractivity contribution is 14.1. The number of benzene rings is 2. The van der Waals surface area contributed by atoms with E-state index < -0.39 is 0 Å². The zero-order valence-corrected chi connectivity index (χ0v) is 13.7. The molecule has 0 heterocycles. The van der Waals surface area contributed by atoms with Gasteiger partial charge < -0.3 is 4.90 Å². The van der Waals surface area contributed by atoms with Crippen molar-refractivity contribution in [2.24, 2.45) is 0 Å². The second kappa shape index (κ2) is 6.54. The minimum absolute atomic E-state index is 0.188. The molecule has 0 aliphatic rings. The van der Waals surface area contributed by atoms with Gasteiger partial charge in [0.15, 0.2) is 0 Å². The van der Waals surface area contributed by atoms with Crippen LogP contribution in [0.1, 0.15) is 15.9 Å². The first kappa shape index (κ1) is 15.3. The standard InChI is InChI=1S/C15H12ClFINO/c1-19(9-11-4-2-3-5-13(11)17)15(20)10-6-7-14(18)12(16)8-10/h2-8H,9H2,1H3. The fourth-order valence-corrected chi connectivity index (χ4v) is 2.32. The van der Waals surface area contributed by atoms with Crippen LogP contribution in [0.4, 0.5) is 4.39 Å². The van der Waals surface area contributed by atoms with E-state index in [-0.39, 0.29) is 18.3 Å². The monoisotopic (exact) mass is 403 g/mol. The summed E-state index contributed by atoms with van der Waals surface area (Å²) in [5, 5.41) is 0.538. The van der Waals surface area contributed by atoms with E-state index in [0.29, 0.717) is 16.1 Å². The van der Waals surface area contributed by atoms with Crippen molar-refractivity contribution in [2.75, 3.05) is 7.05 Å². The van der Waals surface area contributed by atoms with E-state index in [1.165, 1.54) is 11.0 Å². The molecule has 0 unspecified atom stereocenters. The van der Waals surface area contributed by atoms with Crippen LogP contribution in [0.25, 0.3) is 0 Å². The van der Waals surface area contributed by atoms with Gasteiger partial charge in [0.05, 0.1) is 5.02 Å². The first-order valence-electron chi connectivity index (χ1n) is 5.93. The largest absolute Gasteiger partial charge is 0.337 e. The average molecular weight is 404 g/mol. The summed E-state index contributed by atoms with van der Waals surface area (Å²) in [6.45, 7) is 0.217. The summed E-state index contributed by atoms with van der Waals surface area (Å²) >= 11 is 8.11. The Bertz CT molecular complexity index is 648. The molecule has 0 bridgehead atoms. The van der Waals surface area contributed by atoms with Crippen molar-refractivity contribution < 1.29 is 9.18 Å². The molecule has 2 aromatic carbocycles. The molecule has 104 valence electrons. The van der Waals surface area contributed by atoms with Gasteiger partial charge >= 0.3 is 0 Å². The van der Waals surface area contributed by atoms with Gasteiger partial charge in [0.2, 0.25) is 0 Å². The highest BCUT2D eigenvalue weighted by atomic mass is 127. The number of carbonyl (C=O) groups excluding carboxylic acids is 1. The molecule has 2 aromatic rings. The van der Waals surface area contributed by atoms with Crippen LogP contribution in [0.15, 0.2) is 42.5 Å². The van der Waals surface area contributed by atoms with Crippen molar-refractivity contribution in [2.45, 2.75) is 6.54 Å². The molecule has 0 aliphatic carbocycles. The second-order valence-electron chi connectivity index (χ2n) is 4.38. The van der Waals surface area contributed by atoms with Gasteiger partial charge in [-0.05, 0) is 46.9 Å². The van der Waals surface area contributed by atoms with Crippen molar-refractivity contribution in [3.63, 3.8) is 0 Å². The van der Waals surface area contributed by atoms with E-state index in [2.05, 4.69) is 22.6 Å². The molecule has 0 radical (unpaired) electrons. The Kier molecular flexibility index (Phi) is 4.99. The normalized spacial score (nSPS) is 10.4. The quantitative estimate of drug-likeness (QED) is 0.698. The SMILES string of the molecule is CN(Cc1ccccc1F)C(=O)c1ccc(I)c(Cl)c1. The maximum atomic E-state index is 13.6. The summed E-state index contributed by atoms with van der Waals surface area (Å²) < 4.78 is 14.5. The fourth-order valence-electron chi connectivity index (χ4n) is 1.80. The predicted molar refractivity (Wildman–Crippen MR) is 86.4 cm³/mol. The third kappa shape index (κ3) is 3.49. The molecule has 2 rings (SSSR count). The number of rotatable bonds is 3. The van der Waals surface area contributed by atoms with Crippen molar-refractivity contribution in [1.29, 1.82) is 0 Å². The lowest BCUT2D eigenvalue weighted by molar-refractivity contribution is 0.0784. The van der Waals surface area contributed by atoms with Crippen LogP contribution in [-0.2, 0) is 6.54 Å². The van der Waals surface area contributed by atoms with Gasteiger partial charge in [0.1, 0.15) is 5.82 Å². The smallest absolute Gasteiger partial charge is 0.253 e. The first-order valence-corrected chi connectivity index (χ1v) is 7.38. The van der Waals surface area contributed by atoms with Crippen LogP contribution < -0.4 is 0 Å². The van der Waals surface area contributed by atoms with Crippen molar-refractivity contribution in [3.05, 3.63) is 68.0 Å². The maximum Gasteiger partial charge on any atom is 0.253 e. The van der Waals surface area contributed by atoms with Crippen LogP contribution in [0, 0.1) is 9.39 Å². The van der Waals surface area contributed by atoms with E-state index in [1.54, 1.807) is 43.4 Å². The summed E-state index contributed by atoms with van der Waals surface area (Å²) in [4.78, 5) is 13.7. The number of carbonyl (C=O) groups is 1. The van der Waals surface area contributed by atoms with Gasteiger partial charge in [-0.3, -0.25) is 4.79 Å². The molecule has 0 saturated heterocycles. The first-order chi connectivity index (χ1) is 9.49. The summed E-state index contributed by atoms with van der Waals surface area (Å²) in [7, 11) is 1.64. The second-order valence-corrected chi connectivity index (χ2v) is 5.95. The number of hydrogen-bond donors (Lipinski definition) is 0. The third-order valence-electron chi connectivity index (χ3n) is 2.88. The van der Waals surface area contributed by atoms with Crippen molar-refractivity contribution >= 4 is 40.1 Å². The Labute approximate surface area is 135 Å². The van der Waals surface area contributed by atoms with Crippen LogP contribution >= 0.6 is 34.2 Å². The number of amides is 1. The van der Waals surface area contributed by atoms with Crippen LogP contribution in [0.2, 0.25) is 5.02 Å². The minimum Gasteiger partial charge on any atom is -0.337 e. The molecule has 0 saturated carbocycles. The molecule has 20 heavy (non-hydrogen) atoms. The Morgan fingerprint density at radius 1 is 1.30 bits per heavy atom. The summed E-state index contributed by atoms with van der Waals surface area (Å²) in [5.41, 5.74) is 0.981. The lowest BCUT2D eigenvalue weighted by Gasteiger charge is -2.18. The average Bonchev–Trinajstić information content (AvgIpc) is 2.43. The van der Waals surface area contributed by atoms with Crippen LogP contribution in [0.5, 0.6) is 0 Å². The van der Waals surface area contributed by atoms with Gasteiger partial charge in [-0.15, -0.1) is 0 Å². The lowest BCUT2D eigenvalue weighted by atomic mass is 10.1. The number of hydrogen-bond acceptors (Lipinski definition) is 1. The Morgan fingerprint density at radius 3 is 2.65 bits per heavy atom. The van der Waals surface area contributed by atoms with Crippen molar-refractivity contribution in [3.8, 4) is 0 Å². The van der Waals surface area contributed by atoms with Crippen LogP contribution in [-0.4, -0.2) is 17.9 Å². The molecule has 0 spiro atoms. The third-order valence-corrected chi connectivity index (χ3v) is 4.45. The molecule has 0 aliphatic heterocycles. The fraction of sp³-hybridized carbons (Fsp3) is 0.133. The highest BCUT2D eigenvalue weighted by Gasteiger charge is 2.14. The van der Waals surface area contributed by atoms with Gasteiger partial charge in [-0.2, -0.15) is 0 Å². The molecule has 0 N–H and O–H groups in total. The molecular weight excluding hydrogens is 392 g/mol.